The molecular formula is C16H18N2S2. The van der Waals surface area contributed by atoms with Gasteiger partial charge in [-0.25, -0.2) is 0 Å². The summed E-state index contributed by atoms with van der Waals surface area (Å²) in [6.45, 7) is 4.18. The van der Waals surface area contributed by atoms with Crippen molar-refractivity contribution in [2.24, 2.45) is 5.73 Å². The Balaban J connectivity index is 2.45. The Morgan fingerprint density at radius 1 is 1.15 bits per heavy atom. The first-order valence-electron chi connectivity index (χ1n) is 6.33. The molecule has 0 aliphatic carbocycles. The maximum Gasteiger partial charge on any atom is 0.107 e. The zero-order valence-electron chi connectivity index (χ0n) is 11.9. The molecule has 0 aliphatic rings. The zero-order chi connectivity index (χ0) is 14.7. The van der Waals surface area contributed by atoms with Crippen molar-refractivity contribution in [3.63, 3.8) is 0 Å². The lowest BCUT2D eigenvalue weighted by atomic mass is 10.1. The van der Waals surface area contributed by atoms with Gasteiger partial charge in [-0.2, -0.15) is 0 Å². The van der Waals surface area contributed by atoms with Crippen LogP contribution in [-0.4, -0.2) is 11.2 Å². The highest BCUT2D eigenvalue weighted by Gasteiger charge is 2.11. The van der Waals surface area contributed by atoms with Gasteiger partial charge in [0.25, 0.3) is 0 Å². The molecule has 3 N–H and O–H groups in total. The average molecular weight is 302 g/mol. The van der Waals surface area contributed by atoms with Crippen LogP contribution in [0.25, 0.3) is 0 Å². The minimum atomic E-state index is 0.418. The van der Waals surface area contributed by atoms with Crippen molar-refractivity contribution in [2.75, 3.05) is 11.6 Å². The van der Waals surface area contributed by atoms with Gasteiger partial charge in [0, 0.05) is 21.8 Å². The van der Waals surface area contributed by atoms with Crippen molar-refractivity contribution >= 4 is 40.3 Å². The first-order valence-corrected chi connectivity index (χ1v) is 7.96. The molecule has 0 atom stereocenters. The van der Waals surface area contributed by atoms with Crippen molar-refractivity contribution in [1.29, 1.82) is 0 Å². The fourth-order valence-corrected chi connectivity index (χ4v) is 3.19. The van der Waals surface area contributed by atoms with E-state index in [9.17, 15) is 0 Å². The Bertz CT molecular complexity index is 631. The quantitative estimate of drug-likeness (QED) is 0.648. The summed E-state index contributed by atoms with van der Waals surface area (Å²) >= 11 is 6.84. The van der Waals surface area contributed by atoms with Crippen molar-refractivity contribution in [2.45, 2.75) is 18.7 Å². The molecule has 2 rings (SSSR count). The van der Waals surface area contributed by atoms with Crippen LogP contribution in [0, 0.1) is 13.8 Å². The predicted octanol–water partition coefficient (Wildman–Crippen LogP) is 4.40. The maximum atomic E-state index is 5.88. The number of thioether (sulfide) groups is 1. The van der Waals surface area contributed by atoms with Gasteiger partial charge in [0.1, 0.15) is 4.99 Å². The Morgan fingerprint density at radius 3 is 2.35 bits per heavy atom. The summed E-state index contributed by atoms with van der Waals surface area (Å²) in [5.74, 6) is 0. The lowest BCUT2D eigenvalue weighted by Crippen LogP contribution is -2.13. The van der Waals surface area contributed by atoms with Gasteiger partial charge in [-0.1, -0.05) is 24.4 Å². The molecule has 0 fully saturated rings. The van der Waals surface area contributed by atoms with E-state index in [2.05, 4.69) is 37.4 Å². The second kappa shape index (κ2) is 6.29. The number of anilines is 2. The molecule has 0 spiro atoms. The molecular weight excluding hydrogens is 284 g/mol. The summed E-state index contributed by atoms with van der Waals surface area (Å²) in [5.41, 5.74) is 11.3. The molecule has 0 unspecified atom stereocenters. The topological polar surface area (TPSA) is 38.0 Å². The van der Waals surface area contributed by atoms with E-state index in [0.717, 1.165) is 21.8 Å². The molecule has 2 aromatic rings. The van der Waals surface area contributed by atoms with Gasteiger partial charge < -0.3 is 11.1 Å². The number of rotatable bonds is 4. The van der Waals surface area contributed by atoms with E-state index in [1.54, 1.807) is 11.8 Å². The van der Waals surface area contributed by atoms with Gasteiger partial charge in [0.05, 0.1) is 0 Å². The van der Waals surface area contributed by atoms with E-state index < -0.39 is 0 Å². The number of benzene rings is 2. The molecule has 0 radical (unpaired) electrons. The summed E-state index contributed by atoms with van der Waals surface area (Å²) in [6.07, 6.45) is 2.03. The van der Waals surface area contributed by atoms with E-state index in [1.807, 2.05) is 24.5 Å². The van der Waals surface area contributed by atoms with Gasteiger partial charge in [-0.3, -0.25) is 0 Å². The van der Waals surface area contributed by atoms with Crippen LogP contribution in [-0.2, 0) is 0 Å². The maximum absolute atomic E-state index is 5.88. The van der Waals surface area contributed by atoms with E-state index >= 15 is 0 Å². The summed E-state index contributed by atoms with van der Waals surface area (Å²) in [7, 11) is 0. The second-order valence-corrected chi connectivity index (χ2v) is 6.04. The van der Waals surface area contributed by atoms with Crippen LogP contribution < -0.4 is 11.1 Å². The molecule has 0 aliphatic heterocycles. The molecule has 0 amide bonds. The van der Waals surface area contributed by atoms with Crippen LogP contribution in [0.5, 0.6) is 0 Å². The minimum absolute atomic E-state index is 0.418. The van der Waals surface area contributed by atoms with Gasteiger partial charge in [0.2, 0.25) is 0 Å². The molecule has 104 valence electrons. The Kier molecular flexibility index (Phi) is 4.68. The molecule has 2 aromatic carbocycles. The second-order valence-electron chi connectivity index (χ2n) is 4.75. The number of aryl methyl sites for hydroxylation is 2. The number of hydrogen-bond donors (Lipinski definition) is 2. The van der Waals surface area contributed by atoms with E-state index in [4.69, 9.17) is 18.0 Å². The van der Waals surface area contributed by atoms with Crippen LogP contribution in [0.4, 0.5) is 11.4 Å². The normalized spacial score (nSPS) is 10.3. The Morgan fingerprint density at radius 2 is 1.80 bits per heavy atom. The lowest BCUT2D eigenvalue weighted by Gasteiger charge is -2.15. The highest BCUT2D eigenvalue weighted by atomic mass is 32.2. The molecule has 4 heteroatoms. The smallest absolute Gasteiger partial charge is 0.107 e. The minimum Gasteiger partial charge on any atom is -0.389 e. The van der Waals surface area contributed by atoms with Crippen molar-refractivity contribution in [3.8, 4) is 0 Å². The van der Waals surface area contributed by atoms with E-state index in [1.165, 1.54) is 11.1 Å². The number of nitrogens with two attached hydrogens (primary N) is 1. The predicted molar refractivity (Wildman–Crippen MR) is 93.3 cm³/mol. The third kappa shape index (κ3) is 3.32. The zero-order valence-corrected chi connectivity index (χ0v) is 13.5. The number of nitrogens with one attached hydrogen (secondary N) is 1. The van der Waals surface area contributed by atoms with Gasteiger partial charge >= 0.3 is 0 Å². The fourth-order valence-electron chi connectivity index (χ4n) is 2.26. The van der Waals surface area contributed by atoms with Crippen LogP contribution in [0.1, 0.15) is 16.7 Å². The lowest BCUT2D eigenvalue weighted by molar-refractivity contribution is 1.36. The molecule has 0 aromatic heterocycles. The molecule has 0 saturated carbocycles. The third-order valence-corrected chi connectivity index (χ3v) is 3.98. The Labute approximate surface area is 129 Å². The first kappa shape index (κ1) is 14.9. The first-order chi connectivity index (χ1) is 9.51. The van der Waals surface area contributed by atoms with Crippen LogP contribution in [0.15, 0.2) is 41.3 Å². The SMILES string of the molecule is CSc1cccc(Nc2cc(C)cc(C)c2)c1C(N)=S. The van der Waals surface area contributed by atoms with Crippen molar-refractivity contribution in [3.05, 3.63) is 53.1 Å². The molecule has 2 nitrogen and oxygen atoms in total. The largest absolute Gasteiger partial charge is 0.389 e. The fraction of sp³-hybridized carbons (Fsp3) is 0.188. The van der Waals surface area contributed by atoms with Crippen molar-refractivity contribution < 1.29 is 0 Å². The van der Waals surface area contributed by atoms with Gasteiger partial charge in [-0.15, -0.1) is 11.8 Å². The van der Waals surface area contributed by atoms with Crippen LogP contribution >= 0.6 is 24.0 Å². The number of thiocarbonyl (C=S) groups is 1. The number of hydrogen-bond acceptors (Lipinski definition) is 3. The molecule has 0 saturated heterocycles. The summed E-state index contributed by atoms with van der Waals surface area (Å²) in [5, 5.41) is 3.43. The van der Waals surface area contributed by atoms with Gasteiger partial charge in [0.15, 0.2) is 0 Å². The Hall–Kier alpha value is -1.52. The summed E-state index contributed by atoms with van der Waals surface area (Å²) in [4.78, 5) is 1.51. The molecule has 20 heavy (non-hydrogen) atoms. The van der Waals surface area contributed by atoms with Gasteiger partial charge in [-0.05, 0) is 55.5 Å². The highest BCUT2D eigenvalue weighted by molar-refractivity contribution is 7.98. The summed E-state index contributed by atoms with van der Waals surface area (Å²) in [6, 6.07) is 12.4. The summed E-state index contributed by atoms with van der Waals surface area (Å²) < 4.78 is 0. The van der Waals surface area contributed by atoms with Crippen molar-refractivity contribution in [1.82, 2.24) is 0 Å². The van der Waals surface area contributed by atoms with Crippen LogP contribution in [0.3, 0.4) is 0 Å². The average Bonchev–Trinajstić information content (AvgIpc) is 2.36. The van der Waals surface area contributed by atoms with Crippen LogP contribution in [0.2, 0.25) is 0 Å². The third-order valence-electron chi connectivity index (χ3n) is 2.99. The standard InChI is InChI=1S/C16H18N2S2/c1-10-7-11(2)9-12(8-10)18-13-5-4-6-14(20-3)15(13)16(17)19/h4-9,18H,1-3H3,(H2,17,19). The highest BCUT2D eigenvalue weighted by Crippen LogP contribution is 2.29. The molecule has 0 bridgehead atoms. The molecule has 0 heterocycles. The monoisotopic (exact) mass is 302 g/mol. The van der Waals surface area contributed by atoms with E-state index in [0.29, 0.717) is 4.99 Å². The van der Waals surface area contributed by atoms with E-state index in [-0.39, 0.29) is 0 Å².